The van der Waals surface area contributed by atoms with Crippen LogP contribution < -0.4 is 10.6 Å². The van der Waals surface area contributed by atoms with Crippen LogP contribution in [0.2, 0.25) is 0 Å². The first kappa shape index (κ1) is 12.3. The molecule has 0 atom stereocenters. The quantitative estimate of drug-likeness (QED) is 0.641. The Kier molecular flexibility index (Phi) is 2.53. The molecule has 0 unspecified atom stereocenters. The minimum absolute atomic E-state index is 0.0821. The van der Waals surface area contributed by atoms with Gasteiger partial charge in [-0.3, -0.25) is 9.59 Å². The van der Waals surface area contributed by atoms with Crippen LogP contribution in [0.5, 0.6) is 0 Å². The Labute approximate surface area is 112 Å². The Bertz CT molecular complexity index is 759. The highest BCUT2D eigenvalue weighted by Crippen LogP contribution is 2.31. The van der Waals surface area contributed by atoms with Gasteiger partial charge in [-0.25, -0.2) is 13.7 Å². The molecular formula is C14H8F2N2O2. The van der Waals surface area contributed by atoms with Crippen LogP contribution in [0.1, 0.15) is 20.7 Å². The molecule has 6 heteroatoms. The number of benzene rings is 2. The second-order valence-corrected chi connectivity index (χ2v) is 4.35. The first-order valence-electron chi connectivity index (χ1n) is 5.72. The molecule has 0 aliphatic carbocycles. The third-order valence-corrected chi connectivity index (χ3v) is 3.06. The van der Waals surface area contributed by atoms with Gasteiger partial charge in [-0.2, -0.15) is 0 Å². The molecule has 0 radical (unpaired) electrons. The Balaban J connectivity index is 2.16. The molecule has 4 nitrogen and oxygen atoms in total. The maximum atomic E-state index is 13.7. The average molecular weight is 274 g/mol. The van der Waals surface area contributed by atoms with Crippen molar-refractivity contribution in [2.24, 2.45) is 0 Å². The second kappa shape index (κ2) is 4.12. The lowest BCUT2D eigenvalue weighted by Crippen LogP contribution is -2.30. The third-order valence-electron chi connectivity index (χ3n) is 3.06. The van der Waals surface area contributed by atoms with E-state index in [1.165, 1.54) is 18.2 Å². The monoisotopic (exact) mass is 274 g/mol. The minimum Gasteiger partial charge on any atom is -0.399 e. The van der Waals surface area contributed by atoms with Gasteiger partial charge in [0, 0.05) is 11.8 Å². The maximum Gasteiger partial charge on any atom is 0.266 e. The van der Waals surface area contributed by atoms with E-state index in [0.29, 0.717) is 10.6 Å². The van der Waals surface area contributed by atoms with Gasteiger partial charge >= 0.3 is 0 Å². The van der Waals surface area contributed by atoms with E-state index in [1.807, 2.05) is 0 Å². The molecule has 2 amide bonds. The number of carbonyl (C=O) groups is 2. The van der Waals surface area contributed by atoms with E-state index in [9.17, 15) is 18.4 Å². The molecule has 0 bridgehead atoms. The molecule has 100 valence electrons. The van der Waals surface area contributed by atoms with Crippen molar-refractivity contribution in [3.05, 3.63) is 59.2 Å². The lowest BCUT2D eigenvalue weighted by Gasteiger charge is -2.14. The topological polar surface area (TPSA) is 63.4 Å². The van der Waals surface area contributed by atoms with Gasteiger partial charge in [0.1, 0.15) is 11.6 Å². The summed E-state index contributed by atoms with van der Waals surface area (Å²) in [6.07, 6.45) is 0. The number of halogens is 2. The predicted molar refractivity (Wildman–Crippen MR) is 68.4 cm³/mol. The maximum absolute atomic E-state index is 13.7. The van der Waals surface area contributed by atoms with E-state index in [0.717, 1.165) is 18.2 Å². The molecule has 1 aliphatic rings. The summed E-state index contributed by atoms with van der Waals surface area (Å²) in [5, 5.41) is 0. The summed E-state index contributed by atoms with van der Waals surface area (Å²) in [4.78, 5) is 25.0. The highest BCUT2D eigenvalue weighted by atomic mass is 19.1. The van der Waals surface area contributed by atoms with E-state index in [4.69, 9.17) is 5.73 Å². The number of imide groups is 1. The van der Waals surface area contributed by atoms with Crippen molar-refractivity contribution in [3.8, 4) is 0 Å². The molecule has 1 aliphatic heterocycles. The number of nitrogens with two attached hydrogens (primary N) is 1. The van der Waals surface area contributed by atoms with Gasteiger partial charge in [0.25, 0.3) is 11.8 Å². The number of amides is 2. The van der Waals surface area contributed by atoms with Gasteiger partial charge < -0.3 is 5.73 Å². The van der Waals surface area contributed by atoms with Crippen molar-refractivity contribution < 1.29 is 18.4 Å². The third kappa shape index (κ3) is 1.65. The largest absolute Gasteiger partial charge is 0.399 e. The molecule has 0 spiro atoms. The van der Waals surface area contributed by atoms with Crippen molar-refractivity contribution in [2.45, 2.75) is 0 Å². The highest BCUT2D eigenvalue weighted by Gasteiger charge is 2.38. The summed E-state index contributed by atoms with van der Waals surface area (Å²) in [5.41, 5.74) is 5.66. The number of rotatable bonds is 1. The molecule has 20 heavy (non-hydrogen) atoms. The van der Waals surface area contributed by atoms with Gasteiger partial charge in [-0.1, -0.05) is 0 Å². The molecule has 2 aromatic carbocycles. The number of nitrogens with zero attached hydrogens (tertiary/aromatic N) is 1. The van der Waals surface area contributed by atoms with E-state index < -0.39 is 29.1 Å². The van der Waals surface area contributed by atoms with Crippen LogP contribution >= 0.6 is 0 Å². The smallest absolute Gasteiger partial charge is 0.266 e. The molecule has 0 fully saturated rings. The average Bonchev–Trinajstić information content (AvgIpc) is 2.65. The van der Waals surface area contributed by atoms with Gasteiger partial charge in [0.15, 0.2) is 0 Å². The van der Waals surface area contributed by atoms with Crippen molar-refractivity contribution in [1.82, 2.24) is 0 Å². The number of anilines is 2. The van der Waals surface area contributed by atoms with E-state index >= 15 is 0 Å². The summed E-state index contributed by atoms with van der Waals surface area (Å²) < 4.78 is 26.9. The summed E-state index contributed by atoms with van der Waals surface area (Å²) >= 11 is 0. The minimum atomic E-state index is -0.853. The van der Waals surface area contributed by atoms with Crippen LogP contribution in [0.25, 0.3) is 0 Å². The fourth-order valence-corrected chi connectivity index (χ4v) is 2.13. The zero-order valence-electron chi connectivity index (χ0n) is 10.1. The normalized spacial score (nSPS) is 13.8. The first-order valence-corrected chi connectivity index (χ1v) is 5.72. The Morgan fingerprint density at radius 1 is 0.900 bits per heavy atom. The number of nitrogen functional groups attached to an aromatic ring is 1. The number of hydrogen-bond acceptors (Lipinski definition) is 3. The molecular weight excluding hydrogens is 266 g/mol. The fraction of sp³-hybridized carbons (Fsp3) is 0. The SMILES string of the molecule is Nc1ccc2c(c1)C(=O)N(c1cc(F)ccc1F)C2=O. The van der Waals surface area contributed by atoms with Gasteiger partial charge in [-0.05, 0) is 30.3 Å². The van der Waals surface area contributed by atoms with Gasteiger partial charge in [0.2, 0.25) is 0 Å². The molecule has 3 rings (SSSR count). The van der Waals surface area contributed by atoms with Crippen LogP contribution in [-0.4, -0.2) is 11.8 Å². The molecule has 0 saturated heterocycles. The highest BCUT2D eigenvalue weighted by molar-refractivity contribution is 6.34. The van der Waals surface area contributed by atoms with Crippen LogP contribution in [-0.2, 0) is 0 Å². The molecule has 0 saturated carbocycles. The van der Waals surface area contributed by atoms with Crippen molar-refractivity contribution >= 4 is 23.2 Å². The molecule has 0 aromatic heterocycles. The predicted octanol–water partition coefficient (Wildman–Crippen LogP) is 2.35. The van der Waals surface area contributed by atoms with Gasteiger partial charge in [-0.15, -0.1) is 0 Å². The lowest BCUT2D eigenvalue weighted by atomic mass is 10.1. The Hall–Kier alpha value is -2.76. The molecule has 1 heterocycles. The summed E-state index contributed by atoms with van der Waals surface area (Å²) in [7, 11) is 0. The molecule has 2 N–H and O–H groups in total. The van der Waals surface area contributed by atoms with E-state index in [2.05, 4.69) is 0 Å². The fourth-order valence-electron chi connectivity index (χ4n) is 2.13. The van der Waals surface area contributed by atoms with Crippen LogP contribution in [0, 0.1) is 11.6 Å². The lowest BCUT2D eigenvalue weighted by molar-refractivity contribution is 0.0925. The number of fused-ring (bicyclic) bond motifs is 1. The van der Waals surface area contributed by atoms with Gasteiger partial charge in [0.05, 0.1) is 16.8 Å². The number of carbonyl (C=O) groups excluding carboxylic acids is 2. The second-order valence-electron chi connectivity index (χ2n) is 4.35. The molecule has 2 aromatic rings. The van der Waals surface area contributed by atoms with Crippen molar-refractivity contribution in [2.75, 3.05) is 10.6 Å². The van der Waals surface area contributed by atoms with Crippen LogP contribution in [0.4, 0.5) is 20.2 Å². The van der Waals surface area contributed by atoms with Crippen molar-refractivity contribution in [1.29, 1.82) is 0 Å². The summed E-state index contributed by atoms with van der Waals surface area (Å²) in [5.74, 6) is -3.01. The van der Waals surface area contributed by atoms with Crippen molar-refractivity contribution in [3.63, 3.8) is 0 Å². The Morgan fingerprint density at radius 3 is 2.35 bits per heavy atom. The van der Waals surface area contributed by atoms with Crippen LogP contribution in [0.3, 0.4) is 0 Å². The zero-order valence-corrected chi connectivity index (χ0v) is 10.1. The first-order chi connectivity index (χ1) is 9.49. The zero-order chi connectivity index (χ0) is 14.4. The summed E-state index contributed by atoms with van der Waals surface area (Å²) in [6.45, 7) is 0. The Morgan fingerprint density at radius 2 is 1.60 bits per heavy atom. The number of hydrogen-bond donors (Lipinski definition) is 1. The van der Waals surface area contributed by atoms with E-state index in [1.54, 1.807) is 0 Å². The standard InChI is InChI=1S/C14H8F2N2O2/c15-7-1-4-11(16)12(5-7)18-13(19)9-3-2-8(17)6-10(9)14(18)20/h1-6H,17H2. The van der Waals surface area contributed by atoms with E-state index in [-0.39, 0.29) is 11.1 Å². The van der Waals surface area contributed by atoms with Crippen LogP contribution in [0.15, 0.2) is 36.4 Å². The summed E-state index contributed by atoms with van der Waals surface area (Å²) in [6, 6.07) is 6.78.